The maximum atomic E-state index is 15.6. The maximum absolute atomic E-state index is 15.6. The number of aryl methyl sites for hydroxylation is 2. The first kappa shape index (κ1) is 56.9. The van der Waals surface area contributed by atoms with E-state index < -0.39 is 62.5 Å². The third-order valence-electron chi connectivity index (χ3n) is 15.1. The van der Waals surface area contributed by atoms with Gasteiger partial charge in [-0.2, -0.15) is 0 Å². The molecule has 1 saturated heterocycles. The minimum Gasteiger partial charge on any atom is -0.391 e. The molecule has 1 fully saturated rings. The molecule has 9 rings (SSSR count). The predicted molar refractivity (Wildman–Crippen MR) is 302 cm³/mol. The number of anilines is 2. The van der Waals surface area contributed by atoms with E-state index >= 15 is 4.39 Å². The number of likely N-dealkylation sites (tertiary alicyclic amines) is 1. The van der Waals surface area contributed by atoms with E-state index in [9.17, 15) is 37.1 Å². The number of aliphatic hydroxyl groups excluding tert-OH is 1. The van der Waals surface area contributed by atoms with E-state index in [0.29, 0.717) is 64.6 Å². The van der Waals surface area contributed by atoms with Crippen molar-refractivity contribution in [2.24, 2.45) is 17.5 Å². The Balaban J connectivity index is 0.748. The average molecular weight is 1120 g/mol. The molecular weight excluding hydrogens is 1050 g/mol. The van der Waals surface area contributed by atoms with Gasteiger partial charge in [-0.1, -0.05) is 83.6 Å². The summed E-state index contributed by atoms with van der Waals surface area (Å²) in [4.78, 5) is 77.4. The van der Waals surface area contributed by atoms with Gasteiger partial charge in [-0.05, 0) is 77.9 Å². The summed E-state index contributed by atoms with van der Waals surface area (Å²) in [5, 5.41) is 19.5. The zero-order valence-corrected chi connectivity index (χ0v) is 47.3. The van der Waals surface area contributed by atoms with Crippen LogP contribution in [0.25, 0.3) is 32.5 Å². The highest BCUT2D eigenvalue weighted by molar-refractivity contribution is 7.89. The number of aliphatic hydroxyl groups is 1. The molecule has 4 aromatic heterocycles. The minimum absolute atomic E-state index is 0.00169. The second-order valence-corrected chi connectivity index (χ2v) is 25.5. The largest absolute Gasteiger partial charge is 0.391 e. The number of hydroxylamine groups is 1. The van der Waals surface area contributed by atoms with Crippen LogP contribution in [0.1, 0.15) is 125 Å². The van der Waals surface area contributed by atoms with Crippen molar-refractivity contribution >= 4 is 67.1 Å². The zero-order valence-electron chi connectivity index (χ0n) is 45.7. The summed E-state index contributed by atoms with van der Waals surface area (Å²) in [6.45, 7) is 10.1. The van der Waals surface area contributed by atoms with Crippen LogP contribution in [0.2, 0.25) is 0 Å². The van der Waals surface area contributed by atoms with Crippen LogP contribution in [0.15, 0.2) is 82.3 Å². The minimum atomic E-state index is -3.67. The number of H-pyrrole nitrogens is 1. The molecule has 0 spiro atoms. The van der Waals surface area contributed by atoms with E-state index in [4.69, 9.17) is 9.83 Å². The van der Waals surface area contributed by atoms with Gasteiger partial charge in [-0.25, -0.2) is 37.5 Å². The highest BCUT2D eigenvalue weighted by Gasteiger charge is 2.47. The van der Waals surface area contributed by atoms with Crippen molar-refractivity contribution in [3.8, 4) is 21.6 Å². The Kier molecular flexibility index (Phi) is 16.6. The Morgan fingerprint density at radius 3 is 2.38 bits per heavy atom. The van der Waals surface area contributed by atoms with E-state index in [1.54, 1.807) is 41.7 Å². The summed E-state index contributed by atoms with van der Waals surface area (Å²) in [6.07, 6.45) is 11.7. The number of hydrogen-bond acceptors (Lipinski definition) is 13. The van der Waals surface area contributed by atoms with Crippen molar-refractivity contribution in [1.82, 2.24) is 35.5 Å². The molecule has 7 heterocycles. The third kappa shape index (κ3) is 12.5. The van der Waals surface area contributed by atoms with Gasteiger partial charge in [-0.15, -0.1) is 11.3 Å². The molecule has 0 bridgehead atoms. The smallest absolute Gasteiger partial charge is 0.274 e. The first-order chi connectivity index (χ1) is 37.5. The van der Waals surface area contributed by atoms with Crippen LogP contribution in [0.3, 0.4) is 0 Å². The Labute approximate surface area is 462 Å². The number of thiophene rings is 1. The van der Waals surface area contributed by atoms with Gasteiger partial charge >= 0.3 is 0 Å². The van der Waals surface area contributed by atoms with Crippen molar-refractivity contribution in [1.29, 1.82) is 0 Å². The highest BCUT2D eigenvalue weighted by Crippen LogP contribution is 2.45. The Morgan fingerprint density at radius 2 is 1.71 bits per heavy atom. The van der Waals surface area contributed by atoms with Gasteiger partial charge in [0.15, 0.2) is 21.5 Å². The number of pyridine rings is 2. The Hall–Kier alpha value is -6.81. The summed E-state index contributed by atoms with van der Waals surface area (Å²) >= 11 is 1.69. The van der Waals surface area contributed by atoms with Crippen molar-refractivity contribution < 1.29 is 41.5 Å². The number of aromatic nitrogens is 3. The summed E-state index contributed by atoms with van der Waals surface area (Å²) in [5.74, 6) is -3.08. The molecule has 79 heavy (non-hydrogen) atoms. The summed E-state index contributed by atoms with van der Waals surface area (Å²) in [5.41, 5.74) is 6.67. The molecule has 0 radical (unpaired) electrons. The van der Waals surface area contributed by atoms with E-state index in [1.165, 1.54) is 26.0 Å². The molecule has 0 saturated carbocycles. The fraction of sp³-hybridized carbons (Fsp3) is 0.448. The van der Waals surface area contributed by atoms with Crippen LogP contribution in [0.5, 0.6) is 0 Å². The molecule has 5 N–H and O–H groups in total. The second-order valence-electron chi connectivity index (χ2n) is 22.5. The molecular formula is C58H69F2N9O8S2. The SMILES string of the molecule is Cc1ccsc1-c1ccc(C2(C)N=C(C3CC(O)CN3C(=O)C(NC(=O)CCCCCCCCCCNC(=O)c3cc4c(cc3CS(C)(=O)=O)-c3cn(C)c(=O)c5[nH]cc(c35)CN4c3ncc(F)cc3F)C(C)(C)C)NO2)cc1. The van der Waals surface area contributed by atoms with Crippen molar-refractivity contribution in [3.05, 3.63) is 122 Å². The zero-order chi connectivity index (χ0) is 56.6. The summed E-state index contributed by atoms with van der Waals surface area (Å²) in [7, 11) is -2.08. The molecule has 4 unspecified atom stereocenters. The number of amidine groups is 1. The molecule has 21 heteroatoms. The lowest BCUT2D eigenvalue weighted by Gasteiger charge is -2.35. The molecule has 2 aromatic carbocycles. The number of amides is 3. The number of unbranched alkanes of at least 4 members (excludes halogenated alkanes) is 7. The lowest BCUT2D eigenvalue weighted by molar-refractivity contribution is -0.139. The van der Waals surface area contributed by atoms with E-state index in [2.05, 4.69) is 44.5 Å². The van der Waals surface area contributed by atoms with Gasteiger partial charge in [-0.3, -0.25) is 19.2 Å². The van der Waals surface area contributed by atoms with E-state index in [0.717, 1.165) is 62.1 Å². The summed E-state index contributed by atoms with van der Waals surface area (Å²) < 4.78 is 56.7. The van der Waals surface area contributed by atoms with Crippen LogP contribution in [-0.2, 0) is 49.3 Å². The number of benzene rings is 2. The molecule has 3 aliphatic heterocycles. The highest BCUT2D eigenvalue weighted by atomic mass is 32.2. The quantitative estimate of drug-likeness (QED) is 0.0454. The van der Waals surface area contributed by atoms with Gasteiger partial charge in [0.05, 0.1) is 36.3 Å². The number of carbonyl (C=O) groups is 3. The van der Waals surface area contributed by atoms with Gasteiger partial charge < -0.3 is 35.1 Å². The van der Waals surface area contributed by atoms with Gasteiger partial charge in [0.25, 0.3) is 11.5 Å². The average Bonchev–Trinajstić information content (AvgIpc) is 4.41. The molecule has 17 nitrogen and oxygen atoms in total. The number of hydrogen-bond donors (Lipinski definition) is 5. The van der Waals surface area contributed by atoms with Crippen molar-refractivity contribution in [2.75, 3.05) is 24.2 Å². The lowest BCUT2D eigenvalue weighted by atomic mass is 9.85. The van der Waals surface area contributed by atoms with Gasteiger partial charge in [0, 0.05) is 90.2 Å². The second kappa shape index (κ2) is 23.1. The topological polar surface area (TPSA) is 220 Å². The normalized spacial score (nSPS) is 18.5. The molecule has 3 aliphatic rings. The number of aromatic amines is 1. The molecule has 4 atom stereocenters. The fourth-order valence-corrected chi connectivity index (χ4v) is 12.7. The molecule has 6 aromatic rings. The fourth-order valence-electron chi connectivity index (χ4n) is 10.9. The number of rotatable bonds is 20. The number of β-amino-alcohol motifs (C(OH)–C–C–N with tert-alkyl or cyclic N) is 1. The van der Waals surface area contributed by atoms with Crippen LogP contribution in [-0.4, -0.2) is 94.0 Å². The number of halogens is 2. The number of nitrogens with one attached hydrogen (secondary N) is 4. The predicted octanol–water partition coefficient (Wildman–Crippen LogP) is 8.98. The van der Waals surface area contributed by atoms with E-state index in [1.807, 2.05) is 52.0 Å². The number of carbonyl (C=O) groups excluding carboxylic acids is 3. The molecule has 3 amide bonds. The van der Waals surface area contributed by atoms with Gasteiger partial charge in [0.2, 0.25) is 17.5 Å². The molecule has 0 aliphatic carbocycles. The third-order valence-corrected chi connectivity index (χ3v) is 17.0. The first-order valence-corrected chi connectivity index (χ1v) is 29.8. The number of sulfone groups is 1. The molecule has 420 valence electrons. The Bertz CT molecular complexity index is 3500. The van der Waals surface area contributed by atoms with Crippen molar-refractivity contribution in [3.63, 3.8) is 0 Å². The van der Waals surface area contributed by atoms with Crippen LogP contribution >= 0.6 is 11.3 Å². The number of nitrogens with zero attached hydrogens (tertiary/aromatic N) is 5. The number of aliphatic imine (C=N–C) groups is 1. The number of fused-ring (bicyclic) bond motifs is 2. The van der Waals surface area contributed by atoms with Crippen molar-refractivity contribution in [2.45, 2.75) is 135 Å². The Morgan fingerprint density at radius 1 is 1.00 bits per heavy atom. The standard InChI is InChI=1S/C58H69F2N9O8S2/c1-34-21-23-78-50(34)35-17-19-38(20-18-35)58(5)65-52(66-77-58)46-26-40(70)31-69(46)56(74)51(57(2,3)4)64-47(71)16-14-12-10-8-9-11-13-15-22-61-54(72)41-27-45-42(24-36(41)33-79(7,75)76)43-32-67(6)55(73)49-48(43)37(28-62-49)30-68(45)53-44(60)25-39(59)29-63-53/h17-21,23-25,27-29,32,40,46,51,62,70H,8-16,22,26,30-31,33H2,1-7H3,(H,61,72)(H,64,71)(H,65,66). The lowest BCUT2D eigenvalue weighted by Crippen LogP contribution is -2.57. The maximum Gasteiger partial charge on any atom is 0.274 e. The van der Waals surface area contributed by atoms with Gasteiger partial charge in [0.1, 0.15) is 23.2 Å². The van der Waals surface area contributed by atoms with E-state index in [-0.39, 0.29) is 60.2 Å². The monoisotopic (exact) mass is 1120 g/mol. The van der Waals surface area contributed by atoms with Crippen LogP contribution in [0, 0.1) is 24.0 Å². The van der Waals surface area contributed by atoms with Crippen LogP contribution in [0.4, 0.5) is 20.3 Å². The first-order valence-electron chi connectivity index (χ1n) is 26.9. The summed E-state index contributed by atoms with van der Waals surface area (Å²) in [6, 6.07) is 12.6. The van der Waals surface area contributed by atoms with Crippen LogP contribution < -0.4 is 26.6 Å².